The maximum absolute atomic E-state index is 14.9. The Bertz CT molecular complexity index is 5170. The van der Waals surface area contributed by atoms with Crippen molar-refractivity contribution < 1.29 is 111 Å². The fraction of sp³-hybridized carbons (Fsp3) is 0.378. The molecule has 690 valence electrons. The van der Waals surface area contributed by atoms with E-state index in [0.717, 1.165) is 113 Å². The summed E-state index contributed by atoms with van der Waals surface area (Å²) in [6.07, 6.45) is 5.20. The minimum atomic E-state index is -7.13. The standard InChI is InChI=1S/C27H36F6O6S2.C21H21O3S.2C18H15S.C14H17F5O5S/c28-25(29,26(30,31)40(34,35)36)27(32,33)41(37,38)39-24-22(19-12-6-2-7-13-19)16-21(18-10-4-1-5-11-18)17-23(24)20-14-8-3-9-15-20;1-22-16-7-4-10-19(13-16)25(20-11-5-8-17(14-20)23-2)21-12-6-9-18(15-21)24-3;2*1-4-10-16(11-5-1)19(17-12-6-2-7-13-17)18-14-8-3-9-15-18;15-13(16,17)10(14(18,19)25(21,22)23)24-11(20)12-4-7-1-8(5-12)3-9(2-7)6-12/h16-20H,1-15H2,(H,34,35,36);4-15H,1-3H3;2*1-15H;7-10H,1-6H2,(H,21,22,23)/q;3*+1;. The monoisotopic (exact) mass is 1910 g/mol. The molecule has 17 rings (SSSR count). The van der Waals surface area contributed by atoms with Crippen LogP contribution in [-0.4, -0.2) is 95.6 Å². The summed E-state index contributed by atoms with van der Waals surface area (Å²) in [5.74, 6) is -6.58. The molecule has 7 aliphatic rings. The fourth-order valence-corrected chi connectivity index (χ4v) is 26.7. The fourth-order valence-electron chi connectivity index (χ4n) is 18.4. The third kappa shape index (κ3) is 23.7. The predicted molar refractivity (Wildman–Crippen MR) is 477 cm³/mol. The zero-order valence-corrected chi connectivity index (χ0v) is 76.1. The Kier molecular flexibility index (Phi) is 33.0. The number of benzene rings is 10. The van der Waals surface area contributed by atoms with Crippen molar-refractivity contribution in [1.29, 1.82) is 0 Å². The van der Waals surface area contributed by atoms with Crippen molar-refractivity contribution in [1.82, 2.24) is 0 Å². The number of carbonyl (C=O) groups is 1. The first-order valence-corrected chi connectivity index (χ1v) is 50.7. The van der Waals surface area contributed by atoms with E-state index in [2.05, 4.69) is 223 Å². The summed E-state index contributed by atoms with van der Waals surface area (Å²) in [7, 11) is -15.7. The van der Waals surface area contributed by atoms with Crippen molar-refractivity contribution in [2.75, 3.05) is 21.3 Å². The molecule has 10 aromatic rings. The van der Waals surface area contributed by atoms with Crippen molar-refractivity contribution in [3.8, 4) is 23.0 Å². The lowest BCUT2D eigenvalue weighted by atomic mass is 9.49. The largest absolute Gasteiger partial charge is 0.497 e. The molecule has 129 heavy (non-hydrogen) atoms. The second-order valence-electron chi connectivity index (χ2n) is 33.0. The lowest BCUT2D eigenvalue weighted by molar-refractivity contribution is -0.266. The van der Waals surface area contributed by atoms with Crippen LogP contribution in [0.2, 0.25) is 0 Å². The molecule has 14 nitrogen and oxygen atoms in total. The van der Waals surface area contributed by atoms with Gasteiger partial charge in [-0.2, -0.15) is 73.5 Å². The minimum absolute atomic E-state index is 0.0146. The van der Waals surface area contributed by atoms with Crippen LogP contribution in [0.4, 0.5) is 48.3 Å². The van der Waals surface area contributed by atoms with Crippen LogP contribution in [0.3, 0.4) is 0 Å². The van der Waals surface area contributed by atoms with Gasteiger partial charge < -0.3 is 23.1 Å². The Labute approximate surface area is 756 Å². The molecule has 7 fully saturated rings. The Morgan fingerprint density at radius 2 is 0.643 bits per heavy atom. The Morgan fingerprint density at radius 3 is 0.915 bits per heavy atom. The summed E-state index contributed by atoms with van der Waals surface area (Å²) in [4.78, 5) is 24.1. The molecule has 0 aliphatic heterocycles. The van der Waals surface area contributed by atoms with Gasteiger partial charge in [-0.25, -0.2) is 0 Å². The van der Waals surface area contributed by atoms with E-state index < -0.39 is 81.5 Å². The molecule has 7 saturated carbocycles. The lowest BCUT2D eigenvalue weighted by Crippen LogP contribution is -2.61. The van der Waals surface area contributed by atoms with E-state index in [9.17, 15) is 78.3 Å². The SMILES string of the molecule is COc1cccc([S+](c2cccc(OC)c2)c2cccc(OC)c2)c1.O=C(OC(C(F)(F)F)C(F)(F)S(=O)(=O)O)C12CC3CC(CC(C3)C1)C2.O=S(=O)(O)C(F)(F)C(F)(F)C(F)(F)S(=O)(=O)Oc1c(C2CCCCC2)cc(C2CCCCC2)cc1C1CCCCC1.c1ccc([S+](c2ccccc2)c2ccccc2)cc1.c1ccc([S+](c2ccccc2)c2ccccc2)cc1. The maximum atomic E-state index is 14.9. The van der Waals surface area contributed by atoms with Crippen LogP contribution in [0.15, 0.2) is 311 Å². The highest BCUT2D eigenvalue weighted by molar-refractivity contribution is 7.97. The molecule has 0 spiro atoms. The van der Waals surface area contributed by atoms with E-state index in [4.69, 9.17) is 27.5 Å². The number of halogens is 11. The first-order chi connectivity index (χ1) is 61.4. The lowest BCUT2D eigenvalue weighted by Gasteiger charge is -2.55. The van der Waals surface area contributed by atoms with Crippen LogP contribution >= 0.6 is 0 Å². The minimum Gasteiger partial charge on any atom is -0.497 e. The molecule has 10 aromatic carbocycles. The number of ether oxygens (including phenoxy) is 4. The zero-order chi connectivity index (χ0) is 92.6. The highest BCUT2D eigenvalue weighted by atomic mass is 32.2. The summed E-state index contributed by atoms with van der Waals surface area (Å²) in [5.41, 5.74) is 0.175. The highest BCUT2D eigenvalue weighted by Crippen LogP contribution is 2.62. The van der Waals surface area contributed by atoms with E-state index in [1.165, 1.54) is 44.1 Å². The molecule has 4 bridgehead atoms. The Hall–Kier alpha value is -9.08. The molecule has 1 unspecified atom stereocenters. The molecule has 31 heteroatoms. The van der Waals surface area contributed by atoms with E-state index in [1.54, 1.807) is 33.5 Å². The zero-order valence-electron chi connectivity index (χ0n) is 71.2. The van der Waals surface area contributed by atoms with Gasteiger partial charge in [-0.3, -0.25) is 13.9 Å². The van der Waals surface area contributed by atoms with Gasteiger partial charge in [0.15, 0.2) is 44.1 Å². The molecule has 0 radical (unpaired) electrons. The topological polar surface area (TPSA) is 206 Å². The van der Waals surface area contributed by atoms with Gasteiger partial charge >= 0.3 is 64.2 Å². The molecule has 1 atom stereocenters. The highest BCUT2D eigenvalue weighted by Gasteiger charge is 2.83. The van der Waals surface area contributed by atoms with Crippen LogP contribution in [0.5, 0.6) is 23.0 Å². The quantitative estimate of drug-likeness (QED) is 0.0180. The van der Waals surface area contributed by atoms with Gasteiger partial charge in [-0.15, -0.1) is 0 Å². The number of hydrogen-bond donors (Lipinski definition) is 2. The number of methoxy groups -OCH3 is 3. The second kappa shape index (κ2) is 43.1. The Balaban J connectivity index is 0.000000151. The smallest absolute Gasteiger partial charge is 0.450 e. The molecule has 0 heterocycles. The van der Waals surface area contributed by atoms with Crippen molar-refractivity contribution in [3.05, 3.63) is 284 Å². The van der Waals surface area contributed by atoms with E-state index >= 15 is 0 Å². The van der Waals surface area contributed by atoms with Crippen LogP contribution in [0.1, 0.15) is 169 Å². The number of hydrogen-bond acceptors (Lipinski definition) is 12. The average Bonchev–Trinajstić information content (AvgIpc) is 0.722. The number of alkyl halides is 11. The summed E-state index contributed by atoms with van der Waals surface area (Å²) in [6.45, 7) is 0. The van der Waals surface area contributed by atoms with Crippen LogP contribution in [0, 0.1) is 23.2 Å². The molecular weight excluding hydrogens is 1800 g/mol. The summed E-state index contributed by atoms with van der Waals surface area (Å²) < 4.78 is 263. The first kappa shape index (κ1) is 98.9. The van der Waals surface area contributed by atoms with Gasteiger partial charge in [-0.05, 0) is 238 Å². The number of esters is 1. The summed E-state index contributed by atoms with van der Waals surface area (Å²) in [5, 5.41) is -19.2. The van der Waals surface area contributed by atoms with Gasteiger partial charge in [-0.1, -0.05) is 197 Å². The van der Waals surface area contributed by atoms with Crippen molar-refractivity contribution in [2.24, 2.45) is 23.2 Å². The third-order valence-corrected chi connectivity index (χ3v) is 34.0. The summed E-state index contributed by atoms with van der Waals surface area (Å²) in [6, 6.07) is 92.3. The first-order valence-electron chi connectivity index (χ1n) is 42.7. The molecule has 0 saturated heterocycles. The second-order valence-corrected chi connectivity index (χ2v) is 43.7. The molecule has 7 aliphatic carbocycles. The third-order valence-electron chi connectivity index (χ3n) is 24.2. The summed E-state index contributed by atoms with van der Waals surface area (Å²) >= 11 is 0. The van der Waals surface area contributed by atoms with Gasteiger partial charge in [0.2, 0.25) is 0 Å². The van der Waals surface area contributed by atoms with Crippen molar-refractivity contribution in [3.63, 3.8) is 0 Å². The van der Waals surface area contributed by atoms with Gasteiger partial charge in [0, 0.05) is 18.2 Å². The van der Waals surface area contributed by atoms with Crippen molar-refractivity contribution in [2.45, 2.75) is 231 Å². The molecule has 0 aromatic heterocycles. The normalized spacial score (nSPS) is 19.1. The van der Waals surface area contributed by atoms with Gasteiger partial charge in [0.05, 0.1) is 59.4 Å². The predicted octanol–water partition coefficient (Wildman–Crippen LogP) is 25.8. The van der Waals surface area contributed by atoms with Crippen LogP contribution < -0.4 is 18.4 Å². The Morgan fingerprint density at radius 1 is 0.364 bits per heavy atom. The van der Waals surface area contributed by atoms with Crippen LogP contribution in [-0.2, 0) is 72.6 Å². The van der Waals surface area contributed by atoms with Gasteiger partial charge in [0.25, 0.3) is 6.10 Å². The maximum Gasteiger partial charge on any atom is 0.450 e. The van der Waals surface area contributed by atoms with E-state index in [1.807, 2.05) is 36.4 Å². The van der Waals surface area contributed by atoms with Crippen molar-refractivity contribution >= 4 is 69.0 Å². The van der Waals surface area contributed by atoms with E-state index in [0.29, 0.717) is 25.7 Å². The van der Waals surface area contributed by atoms with Crippen LogP contribution in [0.25, 0.3) is 0 Å². The number of carbonyl (C=O) groups excluding carboxylic acids is 1. The van der Waals surface area contributed by atoms with E-state index in [-0.39, 0.29) is 98.6 Å². The molecular formula is C98H104F11O14S6+3. The molecule has 0 amide bonds. The average molecular weight is 1910 g/mol. The molecule has 2 N–H and O–H groups in total. The van der Waals surface area contributed by atoms with Gasteiger partial charge in [0.1, 0.15) is 23.0 Å². The number of rotatable bonds is 25.